The summed E-state index contributed by atoms with van der Waals surface area (Å²) in [4.78, 5) is 13.9. The van der Waals surface area contributed by atoms with Crippen LogP contribution in [0, 0.1) is 18.3 Å². The molecule has 0 saturated carbocycles. The fraction of sp³-hybridized carbons (Fsp3) is 0.545. The van der Waals surface area contributed by atoms with Gasteiger partial charge in [0.25, 0.3) is 0 Å². The van der Waals surface area contributed by atoms with Crippen molar-refractivity contribution in [3.05, 3.63) is 52.3 Å². The van der Waals surface area contributed by atoms with Gasteiger partial charge in [-0.15, -0.1) is 11.3 Å². The number of rotatable bonds is 11. The number of aromatic nitrogens is 3. The van der Waals surface area contributed by atoms with E-state index in [4.69, 9.17) is 0 Å². The van der Waals surface area contributed by atoms with E-state index >= 15 is 0 Å². The van der Waals surface area contributed by atoms with E-state index in [-0.39, 0.29) is 17.0 Å². The number of nitriles is 1. The van der Waals surface area contributed by atoms with Gasteiger partial charge in [-0.05, 0) is 56.0 Å². The van der Waals surface area contributed by atoms with Crippen LogP contribution in [0.15, 0.2) is 30.6 Å². The van der Waals surface area contributed by atoms with Gasteiger partial charge < -0.3 is 9.88 Å². The van der Waals surface area contributed by atoms with Gasteiger partial charge in [0, 0.05) is 80.2 Å². The predicted molar refractivity (Wildman–Crippen MR) is 183 cm³/mol. The average Bonchev–Trinajstić information content (AvgIpc) is 3.63. The number of piperidine rings is 1. The molecule has 2 saturated heterocycles. The van der Waals surface area contributed by atoms with Crippen LogP contribution in [0.4, 0.5) is 23.4 Å². The molecule has 1 aromatic carbocycles. The van der Waals surface area contributed by atoms with Crippen molar-refractivity contribution in [3.63, 3.8) is 0 Å². The lowest BCUT2D eigenvalue weighted by atomic mass is 10.0. The molecule has 6 rings (SSSR count). The molecule has 2 aliphatic rings. The Bertz CT molecular complexity index is 1940. The molecule has 49 heavy (non-hydrogen) atoms. The first kappa shape index (κ1) is 35.5. The molecule has 0 amide bonds. The summed E-state index contributed by atoms with van der Waals surface area (Å²) in [7, 11) is -3.58. The first-order valence-corrected chi connectivity index (χ1v) is 18.9. The van der Waals surface area contributed by atoms with E-state index in [0.29, 0.717) is 54.5 Å². The summed E-state index contributed by atoms with van der Waals surface area (Å²) in [5, 5.41) is 15.1. The van der Waals surface area contributed by atoms with Gasteiger partial charge in [-0.2, -0.15) is 22.7 Å². The van der Waals surface area contributed by atoms with Gasteiger partial charge in [0.2, 0.25) is 10.0 Å². The number of thiophene rings is 1. The molecule has 0 spiro atoms. The molecular weight excluding hydrogens is 681 g/mol. The number of halogens is 4. The smallest absolute Gasteiger partial charge is 0.367 e. The molecule has 1 unspecified atom stereocenters. The Morgan fingerprint density at radius 2 is 1.82 bits per heavy atom. The minimum atomic E-state index is -4.27. The second-order valence-corrected chi connectivity index (χ2v) is 16.2. The molecule has 3 aromatic heterocycles. The van der Waals surface area contributed by atoms with Crippen LogP contribution in [0.5, 0.6) is 0 Å². The Balaban J connectivity index is 1.07. The Labute approximate surface area is 287 Å². The maximum absolute atomic E-state index is 12.9. The van der Waals surface area contributed by atoms with Crippen molar-refractivity contribution in [2.45, 2.75) is 64.5 Å². The van der Waals surface area contributed by atoms with Gasteiger partial charge in [-0.1, -0.05) is 6.07 Å². The number of hydrogen-bond acceptors (Lipinski definition) is 9. The molecule has 1 N–H and O–H groups in total. The normalized spacial score (nSPS) is 18.3. The zero-order chi connectivity index (χ0) is 34.9. The van der Waals surface area contributed by atoms with Crippen molar-refractivity contribution in [1.29, 1.82) is 5.26 Å². The predicted octanol–water partition coefficient (Wildman–Crippen LogP) is 5.31. The third-order valence-corrected chi connectivity index (χ3v) is 12.6. The van der Waals surface area contributed by atoms with Crippen molar-refractivity contribution in [2.24, 2.45) is 0 Å². The molecule has 10 nitrogen and oxygen atoms in total. The van der Waals surface area contributed by atoms with E-state index in [1.807, 2.05) is 10.6 Å². The highest BCUT2D eigenvalue weighted by atomic mass is 32.2. The van der Waals surface area contributed by atoms with Crippen LogP contribution < -0.4 is 5.32 Å². The molecule has 0 radical (unpaired) electrons. The van der Waals surface area contributed by atoms with Crippen molar-refractivity contribution in [2.75, 3.05) is 57.0 Å². The lowest BCUT2D eigenvalue weighted by molar-refractivity contribution is -0.126. The maximum atomic E-state index is 12.9. The monoisotopic (exact) mass is 720 g/mol. The van der Waals surface area contributed by atoms with Crippen LogP contribution in [-0.2, 0) is 29.5 Å². The molecule has 4 aromatic rings. The Kier molecular flexibility index (Phi) is 10.5. The van der Waals surface area contributed by atoms with E-state index < -0.39 is 35.0 Å². The summed E-state index contributed by atoms with van der Waals surface area (Å²) >= 11 is 1.05. The van der Waals surface area contributed by atoms with Gasteiger partial charge in [0.1, 0.15) is 35.4 Å². The third-order valence-electron chi connectivity index (χ3n) is 9.73. The first-order valence-electron chi connectivity index (χ1n) is 16.4. The largest absolute Gasteiger partial charge is 0.393 e. The lowest BCUT2D eigenvalue weighted by Gasteiger charge is -2.37. The zero-order valence-electron chi connectivity index (χ0n) is 27.5. The number of sulfonamides is 1. The lowest BCUT2D eigenvalue weighted by Crippen LogP contribution is -2.52. The number of nitrogens with zero attached hydrogens (tertiary/aromatic N) is 7. The SMILES string of the molecule is Cc1c(CN2CCC(Nc3ncnc4sc(CC(F)(F)F)cc34)CC2)ccc2c1cc(C#N)n2CC(C)N1CCN(S(=O)(=O)CCF)CC1. The number of benzene rings is 1. The number of anilines is 1. The van der Waals surface area contributed by atoms with E-state index in [2.05, 4.69) is 57.1 Å². The van der Waals surface area contributed by atoms with Crippen LogP contribution in [0.2, 0.25) is 0 Å². The van der Waals surface area contributed by atoms with Gasteiger partial charge in [0.15, 0.2) is 0 Å². The van der Waals surface area contributed by atoms with Crippen molar-refractivity contribution < 1.29 is 26.0 Å². The van der Waals surface area contributed by atoms with Crippen LogP contribution in [0.1, 0.15) is 41.5 Å². The minimum absolute atomic E-state index is 0.0590. The summed E-state index contributed by atoms with van der Waals surface area (Å²) < 4.78 is 79.5. The summed E-state index contributed by atoms with van der Waals surface area (Å²) in [6, 6.07) is 10.3. The number of fused-ring (bicyclic) bond motifs is 2. The Morgan fingerprint density at radius 1 is 1.08 bits per heavy atom. The Morgan fingerprint density at radius 3 is 2.49 bits per heavy atom. The topological polar surface area (TPSA) is 110 Å². The molecule has 2 fully saturated rings. The molecule has 264 valence electrons. The average molecular weight is 721 g/mol. The van der Waals surface area contributed by atoms with Gasteiger partial charge in [0.05, 0.1) is 17.6 Å². The molecule has 0 bridgehead atoms. The summed E-state index contributed by atoms with van der Waals surface area (Å²) in [5.74, 6) is 0.0914. The number of hydrogen-bond donors (Lipinski definition) is 1. The number of likely N-dealkylation sites (tertiary alicyclic amines) is 1. The van der Waals surface area contributed by atoms with Crippen molar-refractivity contribution >= 4 is 48.3 Å². The van der Waals surface area contributed by atoms with E-state index in [1.54, 1.807) is 6.07 Å². The fourth-order valence-electron chi connectivity index (χ4n) is 6.99. The number of piperazine rings is 1. The first-order chi connectivity index (χ1) is 23.3. The highest BCUT2D eigenvalue weighted by Crippen LogP contribution is 2.33. The van der Waals surface area contributed by atoms with Crippen LogP contribution in [0.3, 0.4) is 0 Å². The number of aryl methyl sites for hydroxylation is 1. The fourth-order valence-corrected chi connectivity index (χ4v) is 9.18. The maximum Gasteiger partial charge on any atom is 0.393 e. The Hall–Kier alpha value is -3.36. The zero-order valence-corrected chi connectivity index (χ0v) is 29.1. The van der Waals surface area contributed by atoms with Crippen LogP contribution >= 0.6 is 11.3 Å². The number of alkyl halides is 4. The summed E-state index contributed by atoms with van der Waals surface area (Å²) in [6.45, 7) is 8.05. The molecular formula is C33H40F4N8O2S2. The van der Waals surface area contributed by atoms with Crippen LogP contribution in [0.25, 0.3) is 21.1 Å². The second kappa shape index (κ2) is 14.5. The minimum Gasteiger partial charge on any atom is -0.367 e. The molecule has 5 heterocycles. The van der Waals surface area contributed by atoms with Crippen molar-refractivity contribution in [1.82, 2.24) is 28.6 Å². The van der Waals surface area contributed by atoms with Crippen molar-refractivity contribution in [3.8, 4) is 6.07 Å². The standard InChI is InChI=1S/C33H40F4N8O2S2/c1-22(43-10-12-44(13-11-43)49(46,47)14-7-34)19-45-26(18-38)15-28-23(2)24(3-4-30(28)45)20-42-8-5-25(6-9-42)41-31-29-16-27(17-33(35,36)37)48-32(29)40-21-39-31/h3-4,15-16,21-22,25H,5-14,17,19-20H2,1-2H3,(H,39,40,41). The van der Waals surface area contributed by atoms with E-state index in [9.17, 15) is 31.2 Å². The highest BCUT2D eigenvalue weighted by Gasteiger charge is 2.31. The van der Waals surface area contributed by atoms with Crippen LogP contribution in [-0.4, -0.2) is 107 Å². The quantitative estimate of drug-likeness (QED) is 0.208. The third kappa shape index (κ3) is 8.01. The molecule has 16 heteroatoms. The van der Waals surface area contributed by atoms with Gasteiger partial charge in [-0.25, -0.2) is 22.8 Å². The molecule has 1 atom stereocenters. The summed E-state index contributed by atoms with van der Waals surface area (Å²) in [5.41, 5.74) is 3.88. The van der Waals surface area contributed by atoms with Gasteiger partial charge >= 0.3 is 6.18 Å². The molecule has 2 aliphatic heterocycles. The van der Waals surface area contributed by atoms with Gasteiger partial charge in [-0.3, -0.25) is 9.80 Å². The summed E-state index contributed by atoms with van der Waals surface area (Å²) in [6.07, 6.45) is -2.14. The van der Waals surface area contributed by atoms with E-state index in [1.165, 1.54) is 16.2 Å². The number of nitrogens with one attached hydrogen (secondary N) is 1. The second-order valence-electron chi connectivity index (χ2n) is 13.0. The molecule has 0 aliphatic carbocycles. The highest BCUT2D eigenvalue weighted by molar-refractivity contribution is 7.89. The van der Waals surface area contributed by atoms with E-state index in [0.717, 1.165) is 60.3 Å².